The minimum absolute atomic E-state index is 0.518. The summed E-state index contributed by atoms with van der Waals surface area (Å²) in [5.74, 6) is 1.59. The lowest BCUT2D eigenvalue weighted by Crippen LogP contribution is -2.32. The van der Waals surface area contributed by atoms with E-state index in [9.17, 15) is 0 Å². The molecule has 0 aromatic carbocycles. The van der Waals surface area contributed by atoms with Crippen molar-refractivity contribution >= 4 is 23.1 Å². The van der Waals surface area contributed by atoms with Crippen LogP contribution in [0.25, 0.3) is 0 Å². The summed E-state index contributed by atoms with van der Waals surface area (Å²) in [4.78, 5) is 15.3. The summed E-state index contributed by atoms with van der Waals surface area (Å²) in [6.07, 6.45) is 2.60. The molecule has 0 bridgehead atoms. The first-order chi connectivity index (χ1) is 9.54. The van der Waals surface area contributed by atoms with E-state index in [4.69, 9.17) is 17.3 Å². The van der Waals surface area contributed by atoms with Gasteiger partial charge in [0.25, 0.3) is 0 Å². The fourth-order valence-electron chi connectivity index (χ4n) is 2.51. The highest BCUT2D eigenvalue weighted by Crippen LogP contribution is 2.28. The number of aromatic nitrogens is 3. The van der Waals surface area contributed by atoms with Crippen molar-refractivity contribution in [3.8, 4) is 0 Å². The molecule has 0 saturated carbocycles. The van der Waals surface area contributed by atoms with Gasteiger partial charge in [-0.1, -0.05) is 11.6 Å². The van der Waals surface area contributed by atoms with Crippen molar-refractivity contribution < 1.29 is 0 Å². The van der Waals surface area contributed by atoms with E-state index < -0.39 is 0 Å². The molecule has 5 nitrogen and oxygen atoms in total. The first kappa shape index (κ1) is 13.1. The topological polar surface area (TPSA) is 67.9 Å². The van der Waals surface area contributed by atoms with Crippen molar-refractivity contribution in [2.75, 3.05) is 17.2 Å². The van der Waals surface area contributed by atoms with Gasteiger partial charge in [-0.3, -0.25) is 4.98 Å². The van der Waals surface area contributed by atoms with E-state index in [1.807, 2.05) is 19.9 Å². The van der Waals surface area contributed by atoms with Gasteiger partial charge in [0.05, 0.1) is 11.9 Å². The van der Waals surface area contributed by atoms with Crippen LogP contribution in [-0.2, 0) is 13.0 Å². The molecule has 0 aliphatic carbocycles. The van der Waals surface area contributed by atoms with Crippen LogP contribution in [0.5, 0.6) is 0 Å². The van der Waals surface area contributed by atoms with Gasteiger partial charge in [0.1, 0.15) is 16.8 Å². The number of aryl methyl sites for hydroxylation is 1. The Bertz CT molecular complexity index is 671. The maximum Gasteiger partial charge on any atom is 0.137 e. The average Bonchev–Trinajstić information content (AvgIpc) is 2.42. The molecule has 0 unspecified atom stereocenters. The molecule has 3 heterocycles. The Labute approximate surface area is 122 Å². The molecule has 6 heteroatoms. The first-order valence-corrected chi connectivity index (χ1v) is 6.91. The second kappa shape index (κ2) is 4.90. The molecule has 3 rings (SSSR count). The lowest BCUT2D eigenvalue weighted by atomic mass is 10.0. The number of halogens is 1. The van der Waals surface area contributed by atoms with Gasteiger partial charge < -0.3 is 10.6 Å². The van der Waals surface area contributed by atoms with Gasteiger partial charge in [-0.25, -0.2) is 9.97 Å². The average molecular weight is 290 g/mol. The van der Waals surface area contributed by atoms with Gasteiger partial charge >= 0.3 is 0 Å². The number of hydrogen-bond donors (Lipinski definition) is 1. The minimum Gasteiger partial charge on any atom is -0.397 e. The zero-order valence-electron chi connectivity index (χ0n) is 11.5. The monoisotopic (exact) mass is 289 g/mol. The third kappa shape index (κ3) is 2.29. The molecule has 0 spiro atoms. The lowest BCUT2D eigenvalue weighted by molar-refractivity contribution is 0.697. The molecule has 0 amide bonds. The predicted molar refractivity (Wildman–Crippen MR) is 79.9 cm³/mol. The quantitative estimate of drug-likeness (QED) is 0.816. The summed E-state index contributed by atoms with van der Waals surface area (Å²) < 4.78 is 0. The Morgan fingerprint density at radius 2 is 2.10 bits per heavy atom. The smallest absolute Gasteiger partial charge is 0.137 e. The molecule has 2 aromatic heterocycles. The second-order valence-electron chi connectivity index (χ2n) is 5.06. The van der Waals surface area contributed by atoms with Gasteiger partial charge in [0.2, 0.25) is 0 Å². The molecule has 1 aliphatic heterocycles. The van der Waals surface area contributed by atoms with Crippen molar-refractivity contribution in [1.29, 1.82) is 0 Å². The van der Waals surface area contributed by atoms with Crippen LogP contribution in [-0.4, -0.2) is 21.5 Å². The maximum atomic E-state index is 6.15. The van der Waals surface area contributed by atoms with Crippen molar-refractivity contribution in [3.05, 3.63) is 40.1 Å². The molecule has 2 aromatic rings. The lowest BCUT2D eigenvalue weighted by Gasteiger charge is -2.30. The number of nitrogens with two attached hydrogens (primary N) is 1. The van der Waals surface area contributed by atoms with Crippen molar-refractivity contribution in [2.45, 2.75) is 26.8 Å². The van der Waals surface area contributed by atoms with Gasteiger partial charge in [-0.15, -0.1) is 0 Å². The van der Waals surface area contributed by atoms with Gasteiger partial charge in [0.15, 0.2) is 0 Å². The van der Waals surface area contributed by atoms with Crippen LogP contribution < -0.4 is 10.6 Å². The number of nitrogen functional groups attached to an aromatic ring is 1. The van der Waals surface area contributed by atoms with Gasteiger partial charge in [-0.05, 0) is 25.5 Å². The molecular formula is C14H16ClN5. The molecular weight excluding hydrogens is 274 g/mol. The zero-order chi connectivity index (χ0) is 14.3. The fourth-order valence-corrected chi connectivity index (χ4v) is 2.72. The second-order valence-corrected chi connectivity index (χ2v) is 5.41. The number of rotatable bonds is 1. The van der Waals surface area contributed by atoms with E-state index in [1.165, 1.54) is 0 Å². The van der Waals surface area contributed by atoms with E-state index in [1.54, 1.807) is 6.20 Å². The summed E-state index contributed by atoms with van der Waals surface area (Å²) in [5, 5.41) is 0.518. The zero-order valence-corrected chi connectivity index (χ0v) is 12.3. The number of fused-ring (bicyclic) bond motifs is 1. The Morgan fingerprint density at radius 3 is 2.90 bits per heavy atom. The van der Waals surface area contributed by atoms with E-state index in [0.717, 1.165) is 42.1 Å². The van der Waals surface area contributed by atoms with Crippen LogP contribution in [0.15, 0.2) is 12.3 Å². The van der Waals surface area contributed by atoms with Crippen molar-refractivity contribution in [2.24, 2.45) is 0 Å². The minimum atomic E-state index is 0.518. The summed E-state index contributed by atoms with van der Waals surface area (Å²) in [6.45, 7) is 5.43. The van der Waals surface area contributed by atoms with Gasteiger partial charge in [0, 0.05) is 30.8 Å². The Balaban J connectivity index is 1.98. The third-order valence-electron chi connectivity index (χ3n) is 3.53. The molecule has 0 radical (unpaired) electrons. The molecule has 104 valence electrons. The van der Waals surface area contributed by atoms with Crippen LogP contribution in [0.4, 0.5) is 11.5 Å². The van der Waals surface area contributed by atoms with E-state index >= 15 is 0 Å². The highest BCUT2D eigenvalue weighted by Gasteiger charge is 2.21. The Hall–Kier alpha value is -1.88. The maximum absolute atomic E-state index is 6.15. The van der Waals surface area contributed by atoms with Crippen molar-refractivity contribution in [1.82, 2.24) is 15.0 Å². The molecule has 0 fully saturated rings. The largest absolute Gasteiger partial charge is 0.397 e. The fraction of sp³-hybridized carbons (Fsp3) is 0.357. The molecule has 2 N–H and O–H groups in total. The molecule has 0 saturated heterocycles. The Kier molecular flexibility index (Phi) is 3.22. The Morgan fingerprint density at radius 1 is 1.30 bits per heavy atom. The van der Waals surface area contributed by atoms with Gasteiger partial charge in [-0.2, -0.15) is 0 Å². The van der Waals surface area contributed by atoms with E-state index in [-0.39, 0.29) is 0 Å². The summed E-state index contributed by atoms with van der Waals surface area (Å²) in [7, 11) is 0. The summed E-state index contributed by atoms with van der Waals surface area (Å²) in [6, 6.07) is 1.99. The van der Waals surface area contributed by atoms with Crippen LogP contribution in [0, 0.1) is 13.8 Å². The van der Waals surface area contributed by atoms with E-state index in [2.05, 4.69) is 19.9 Å². The van der Waals surface area contributed by atoms with Crippen LogP contribution in [0.3, 0.4) is 0 Å². The predicted octanol–water partition coefficient (Wildman–Crippen LogP) is 2.29. The highest BCUT2D eigenvalue weighted by molar-refractivity contribution is 6.30. The van der Waals surface area contributed by atoms with Crippen LogP contribution >= 0.6 is 11.6 Å². The van der Waals surface area contributed by atoms with Crippen molar-refractivity contribution in [3.63, 3.8) is 0 Å². The summed E-state index contributed by atoms with van der Waals surface area (Å²) >= 11 is 6.15. The van der Waals surface area contributed by atoms with Crippen LogP contribution in [0.1, 0.15) is 22.6 Å². The third-order valence-corrected chi connectivity index (χ3v) is 3.90. The SMILES string of the molecule is Cc1nc(Cl)c(C)c(N2CCc3ncc(N)cc3C2)n1. The first-order valence-electron chi connectivity index (χ1n) is 6.53. The molecule has 20 heavy (non-hydrogen) atoms. The van der Waals surface area contributed by atoms with E-state index in [0.29, 0.717) is 16.7 Å². The number of anilines is 2. The number of hydrogen-bond acceptors (Lipinski definition) is 5. The molecule has 0 atom stereocenters. The number of nitrogens with zero attached hydrogens (tertiary/aromatic N) is 4. The normalized spacial score (nSPS) is 14.2. The molecule has 1 aliphatic rings. The number of pyridine rings is 1. The van der Waals surface area contributed by atoms with Crippen LogP contribution in [0.2, 0.25) is 5.15 Å². The summed E-state index contributed by atoms with van der Waals surface area (Å²) in [5.41, 5.74) is 9.70. The highest BCUT2D eigenvalue weighted by atomic mass is 35.5. The standard InChI is InChI=1S/C14H16ClN5/c1-8-13(15)18-9(2)19-14(8)20-4-3-12-10(7-20)5-11(16)6-17-12/h5-6H,3-4,7,16H2,1-2H3.